The summed E-state index contributed by atoms with van der Waals surface area (Å²) in [6.45, 7) is 6.35. The van der Waals surface area contributed by atoms with Crippen molar-refractivity contribution in [1.82, 2.24) is 10.3 Å². The van der Waals surface area contributed by atoms with Crippen molar-refractivity contribution in [3.63, 3.8) is 0 Å². The van der Waals surface area contributed by atoms with Crippen molar-refractivity contribution in [2.45, 2.75) is 39.2 Å². The van der Waals surface area contributed by atoms with Crippen LogP contribution in [0.2, 0.25) is 0 Å². The van der Waals surface area contributed by atoms with E-state index in [1.807, 2.05) is 18.5 Å². The molecule has 1 rings (SSSR count). The standard InChI is InChI=1S/C15H26N2O/c1-4-7-17-15(9-13(2)12-18-3)10-14-6-5-8-16-11-14/h5-6,8,11,13,15,17H,4,7,9-10,12H2,1-3H3. The van der Waals surface area contributed by atoms with E-state index >= 15 is 0 Å². The van der Waals surface area contributed by atoms with Crippen LogP contribution in [0, 0.1) is 5.92 Å². The molecule has 0 aliphatic rings. The Morgan fingerprint density at radius 2 is 2.28 bits per heavy atom. The van der Waals surface area contributed by atoms with Crippen LogP contribution in [0.5, 0.6) is 0 Å². The molecule has 3 heteroatoms. The van der Waals surface area contributed by atoms with Crippen molar-refractivity contribution in [3.05, 3.63) is 30.1 Å². The molecule has 3 nitrogen and oxygen atoms in total. The average molecular weight is 250 g/mol. The molecule has 0 fully saturated rings. The van der Waals surface area contributed by atoms with Gasteiger partial charge in [-0.1, -0.05) is 19.9 Å². The van der Waals surface area contributed by atoms with Crippen LogP contribution in [-0.4, -0.2) is 31.3 Å². The molecule has 0 radical (unpaired) electrons. The van der Waals surface area contributed by atoms with Gasteiger partial charge in [0.05, 0.1) is 0 Å². The monoisotopic (exact) mass is 250 g/mol. The highest BCUT2D eigenvalue weighted by molar-refractivity contribution is 5.10. The van der Waals surface area contributed by atoms with Crippen molar-refractivity contribution in [2.75, 3.05) is 20.3 Å². The minimum absolute atomic E-state index is 0.513. The summed E-state index contributed by atoms with van der Waals surface area (Å²) in [5.74, 6) is 0.584. The van der Waals surface area contributed by atoms with Crippen molar-refractivity contribution in [3.8, 4) is 0 Å². The number of methoxy groups -OCH3 is 1. The fourth-order valence-electron chi connectivity index (χ4n) is 2.23. The minimum atomic E-state index is 0.513. The zero-order valence-electron chi connectivity index (χ0n) is 11.9. The van der Waals surface area contributed by atoms with Gasteiger partial charge in [-0.05, 0) is 43.4 Å². The number of nitrogens with zero attached hydrogens (tertiary/aromatic N) is 1. The molecule has 0 aromatic carbocycles. The Balaban J connectivity index is 2.49. The van der Waals surface area contributed by atoms with Gasteiger partial charge < -0.3 is 10.1 Å². The van der Waals surface area contributed by atoms with Crippen molar-refractivity contribution in [2.24, 2.45) is 5.92 Å². The van der Waals surface area contributed by atoms with Crippen molar-refractivity contribution >= 4 is 0 Å². The van der Waals surface area contributed by atoms with E-state index < -0.39 is 0 Å². The highest BCUT2D eigenvalue weighted by Crippen LogP contribution is 2.11. The van der Waals surface area contributed by atoms with Gasteiger partial charge in [0, 0.05) is 32.2 Å². The second kappa shape index (κ2) is 9.06. The number of ether oxygens (including phenoxy) is 1. The number of nitrogens with one attached hydrogen (secondary N) is 1. The quantitative estimate of drug-likeness (QED) is 0.731. The first kappa shape index (κ1) is 15.1. The summed E-state index contributed by atoms with van der Waals surface area (Å²) in [4.78, 5) is 4.18. The minimum Gasteiger partial charge on any atom is -0.384 e. The topological polar surface area (TPSA) is 34.2 Å². The Morgan fingerprint density at radius 1 is 1.44 bits per heavy atom. The highest BCUT2D eigenvalue weighted by atomic mass is 16.5. The van der Waals surface area contributed by atoms with E-state index in [0.717, 1.165) is 26.0 Å². The molecule has 102 valence electrons. The van der Waals surface area contributed by atoms with Gasteiger partial charge in [0.15, 0.2) is 0 Å². The summed E-state index contributed by atoms with van der Waals surface area (Å²) in [5, 5.41) is 3.62. The zero-order valence-corrected chi connectivity index (χ0v) is 11.9. The van der Waals surface area contributed by atoms with Crippen LogP contribution in [0.3, 0.4) is 0 Å². The number of aromatic nitrogens is 1. The second-order valence-corrected chi connectivity index (χ2v) is 5.01. The molecule has 0 saturated carbocycles. The third kappa shape index (κ3) is 6.12. The average Bonchev–Trinajstić information content (AvgIpc) is 2.37. The van der Waals surface area contributed by atoms with Gasteiger partial charge in [-0.25, -0.2) is 0 Å². The first-order valence-corrected chi connectivity index (χ1v) is 6.87. The lowest BCUT2D eigenvalue weighted by molar-refractivity contribution is 0.149. The molecule has 0 saturated heterocycles. The van der Waals surface area contributed by atoms with Gasteiger partial charge in [-0.2, -0.15) is 0 Å². The Labute approximate surface area is 111 Å². The molecule has 0 aliphatic heterocycles. The summed E-state index contributed by atoms with van der Waals surface area (Å²) in [7, 11) is 1.77. The molecule has 18 heavy (non-hydrogen) atoms. The largest absolute Gasteiger partial charge is 0.384 e. The van der Waals surface area contributed by atoms with Gasteiger partial charge in [-0.3, -0.25) is 4.98 Å². The smallest absolute Gasteiger partial charge is 0.0488 e. The molecular weight excluding hydrogens is 224 g/mol. The third-order valence-electron chi connectivity index (χ3n) is 3.03. The van der Waals surface area contributed by atoms with Gasteiger partial charge in [0.1, 0.15) is 0 Å². The summed E-state index contributed by atoms with van der Waals surface area (Å²) < 4.78 is 5.22. The molecule has 2 unspecified atom stereocenters. The van der Waals surface area contributed by atoms with Crippen LogP contribution in [0.4, 0.5) is 0 Å². The van der Waals surface area contributed by atoms with Crippen LogP contribution in [0.1, 0.15) is 32.3 Å². The summed E-state index contributed by atoms with van der Waals surface area (Å²) >= 11 is 0. The Hall–Kier alpha value is -0.930. The van der Waals surface area contributed by atoms with E-state index in [-0.39, 0.29) is 0 Å². The molecule has 0 bridgehead atoms. The van der Waals surface area contributed by atoms with E-state index in [1.54, 1.807) is 7.11 Å². The van der Waals surface area contributed by atoms with Crippen LogP contribution in [-0.2, 0) is 11.2 Å². The first-order valence-electron chi connectivity index (χ1n) is 6.87. The van der Waals surface area contributed by atoms with Gasteiger partial charge >= 0.3 is 0 Å². The normalized spacial score (nSPS) is 14.4. The van der Waals surface area contributed by atoms with E-state index in [4.69, 9.17) is 4.74 Å². The van der Waals surface area contributed by atoms with E-state index in [2.05, 4.69) is 30.2 Å². The van der Waals surface area contributed by atoms with Crippen LogP contribution in [0.15, 0.2) is 24.5 Å². The third-order valence-corrected chi connectivity index (χ3v) is 3.03. The zero-order chi connectivity index (χ0) is 13.2. The maximum absolute atomic E-state index is 5.22. The lowest BCUT2D eigenvalue weighted by Gasteiger charge is -2.22. The van der Waals surface area contributed by atoms with E-state index in [1.165, 1.54) is 12.0 Å². The second-order valence-electron chi connectivity index (χ2n) is 5.01. The molecule has 1 aromatic rings. The molecule has 1 N–H and O–H groups in total. The van der Waals surface area contributed by atoms with Crippen LogP contribution in [0.25, 0.3) is 0 Å². The van der Waals surface area contributed by atoms with Crippen LogP contribution >= 0.6 is 0 Å². The number of hydrogen-bond donors (Lipinski definition) is 1. The maximum Gasteiger partial charge on any atom is 0.0488 e. The fraction of sp³-hybridized carbons (Fsp3) is 0.667. The highest BCUT2D eigenvalue weighted by Gasteiger charge is 2.13. The lowest BCUT2D eigenvalue weighted by atomic mass is 9.97. The predicted octanol–water partition coefficient (Wildman–Crippen LogP) is 2.66. The van der Waals surface area contributed by atoms with E-state index in [9.17, 15) is 0 Å². The molecular formula is C15H26N2O. The Bertz CT molecular complexity index is 303. The lowest BCUT2D eigenvalue weighted by Crippen LogP contribution is -2.34. The van der Waals surface area contributed by atoms with Gasteiger partial charge in [-0.15, -0.1) is 0 Å². The Kier molecular flexibility index (Phi) is 7.62. The molecule has 1 aromatic heterocycles. The molecule has 0 spiro atoms. The number of pyridine rings is 1. The van der Waals surface area contributed by atoms with Gasteiger partial charge in [0.25, 0.3) is 0 Å². The summed E-state index contributed by atoms with van der Waals surface area (Å²) in [6, 6.07) is 4.67. The summed E-state index contributed by atoms with van der Waals surface area (Å²) in [6.07, 6.45) is 7.14. The predicted molar refractivity (Wildman–Crippen MR) is 75.7 cm³/mol. The fourth-order valence-corrected chi connectivity index (χ4v) is 2.23. The van der Waals surface area contributed by atoms with Crippen LogP contribution < -0.4 is 5.32 Å². The van der Waals surface area contributed by atoms with Crippen molar-refractivity contribution < 1.29 is 4.74 Å². The first-order chi connectivity index (χ1) is 8.76. The number of hydrogen-bond acceptors (Lipinski definition) is 3. The maximum atomic E-state index is 5.22. The molecule has 0 amide bonds. The van der Waals surface area contributed by atoms with E-state index in [0.29, 0.717) is 12.0 Å². The van der Waals surface area contributed by atoms with Gasteiger partial charge in [0.2, 0.25) is 0 Å². The number of rotatable bonds is 9. The molecule has 1 heterocycles. The molecule has 0 aliphatic carbocycles. The summed E-state index contributed by atoms with van der Waals surface area (Å²) in [5.41, 5.74) is 1.30. The Morgan fingerprint density at radius 3 is 2.89 bits per heavy atom. The SMILES string of the molecule is CCCNC(Cc1cccnc1)CC(C)COC. The van der Waals surface area contributed by atoms with Crippen molar-refractivity contribution in [1.29, 1.82) is 0 Å². The molecule has 2 atom stereocenters.